The van der Waals surface area contributed by atoms with Crippen LogP contribution in [0, 0.1) is 11.3 Å². The number of hydrogen-bond donors (Lipinski definition) is 3. The molecule has 40 heavy (non-hydrogen) atoms. The molecule has 9 nitrogen and oxygen atoms in total. The number of carboxylic acid groups (broad SMARTS) is 1. The second-order valence-electron chi connectivity index (χ2n) is 12.2. The van der Waals surface area contributed by atoms with E-state index in [2.05, 4.69) is 31.7 Å². The highest BCUT2D eigenvalue weighted by Gasteiger charge is 2.49. The molecule has 4 N–H and O–H groups in total. The molecule has 224 valence electrons. The number of unbranched alkanes of at least 4 members (excludes halogenated alkanes) is 2. The Morgan fingerprint density at radius 1 is 1.18 bits per heavy atom. The standard InChI is InChI=1S/C31H49N3O6/c1-6-7-11-33(12-9-8-10-32)27(36)18-34-17-24(22-13-23(19-35)29-26(14-22)39-20-40-29)28(30(37)38)25(34)16-31(4,5)15-21(2)3/h13-15,24-25,28,35H,6-12,16-20,32H2,1-5H3,(H,37,38)/t24-,25+,28-/m1/s1. The molecule has 3 rings (SSSR count). The lowest BCUT2D eigenvalue weighted by Gasteiger charge is -2.34. The molecule has 1 fully saturated rings. The molecule has 1 saturated heterocycles. The predicted octanol–water partition coefficient (Wildman–Crippen LogP) is 4.13. The van der Waals surface area contributed by atoms with Crippen molar-refractivity contribution in [3.8, 4) is 11.5 Å². The van der Waals surface area contributed by atoms with Gasteiger partial charge in [-0.2, -0.15) is 0 Å². The molecule has 9 heteroatoms. The number of hydrogen-bond acceptors (Lipinski definition) is 7. The highest BCUT2D eigenvalue weighted by atomic mass is 16.7. The second-order valence-corrected chi connectivity index (χ2v) is 12.2. The maximum Gasteiger partial charge on any atom is 0.308 e. The van der Waals surface area contributed by atoms with Gasteiger partial charge in [-0.3, -0.25) is 14.5 Å². The van der Waals surface area contributed by atoms with E-state index >= 15 is 0 Å². The Balaban J connectivity index is 1.98. The molecule has 2 heterocycles. The third-order valence-electron chi connectivity index (χ3n) is 7.97. The number of aliphatic carboxylic acids is 1. The van der Waals surface area contributed by atoms with Gasteiger partial charge in [0.2, 0.25) is 12.7 Å². The monoisotopic (exact) mass is 559 g/mol. The summed E-state index contributed by atoms with van der Waals surface area (Å²) in [5, 5.41) is 20.6. The summed E-state index contributed by atoms with van der Waals surface area (Å²) in [4.78, 5) is 30.6. The number of aliphatic hydroxyl groups is 1. The van der Waals surface area contributed by atoms with Crippen molar-refractivity contribution >= 4 is 11.9 Å². The van der Waals surface area contributed by atoms with Gasteiger partial charge in [0.15, 0.2) is 11.5 Å². The Bertz CT molecular complexity index is 1050. The van der Waals surface area contributed by atoms with Gasteiger partial charge in [-0.15, -0.1) is 0 Å². The number of ether oxygens (including phenoxy) is 2. The Morgan fingerprint density at radius 3 is 2.52 bits per heavy atom. The molecule has 0 aliphatic carbocycles. The Labute approximate surface area is 239 Å². The lowest BCUT2D eigenvalue weighted by molar-refractivity contribution is -0.144. The molecule has 0 aromatic heterocycles. The first-order valence-electron chi connectivity index (χ1n) is 14.6. The van der Waals surface area contributed by atoms with Gasteiger partial charge in [-0.1, -0.05) is 38.8 Å². The summed E-state index contributed by atoms with van der Waals surface area (Å²) in [7, 11) is 0. The SMILES string of the molecule is CCCCN(CCCCN)C(=O)CN1C[C@H](c2cc(CO)c3c(c2)OCO3)[C@@H](C(=O)O)[C@@H]1CC(C)(C)C=C(C)C. The van der Waals surface area contributed by atoms with E-state index in [-0.39, 0.29) is 43.2 Å². The number of aliphatic hydroxyl groups excluding tert-OH is 1. The zero-order valence-corrected chi connectivity index (χ0v) is 24.9. The normalized spacial score (nSPS) is 20.5. The van der Waals surface area contributed by atoms with E-state index in [0.29, 0.717) is 49.7 Å². The molecule has 3 atom stereocenters. The molecular weight excluding hydrogens is 510 g/mol. The fraction of sp³-hybridized carbons (Fsp3) is 0.677. The van der Waals surface area contributed by atoms with E-state index < -0.39 is 11.9 Å². The van der Waals surface area contributed by atoms with Crippen molar-refractivity contribution in [2.24, 2.45) is 17.1 Å². The molecule has 0 bridgehead atoms. The highest BCUT2D eigenvalue weighted by molar-refractivity contribution is 5.79. The number of carbonyl (C=O) groups is 2. The molecule has 1 aromatic carbocycles. The summed E-state index contributed by atoms with van der Waals surface area (Å²) >= 11 is 0. The van der Waals surface area contributed by atoms with Gasteiger partial charge in [0, 0.05) is 37.2 Å². The van der Waals surface area contributed by atoms with Crippen LogP contribution in [-0.4, -0.2) is 77.4 Å². The molecule has 1 amide bonds. The van der Waals surface area contributed by atoms with Gasteiger partial charge in [0.05, 0.1) is 19.1 Å². The zero-order valence-electron chi connectivity index (χ0n) is 24.9. The molecule has 0 spiro atoms. The molecule has 2 aliphatic heterocycles. The first-order valence-corrected chi connectivity index (χ1v) is 14.6. The smallest absolute Gasteiger partial charge is 0.308 e. The predicted molar refractivity (Wildman–Crippen MR) is 155 cm³/mol. The van der Waals surface area contributed by atoms with Crippen molar-refractivity contribution in [3.05, 3.63) is 34.9 Å². The van der Waals surface area contributed by atoms with Crippen molar-refractivity contribution in [2.75, 3.05) is 39.5 Å². The Morgan fingerprint density at radius 2 is 1.90 bits per heavy atom. The van der Waals surface area contributed by atoms with Gasteiger partial charge in [0.25, 0.3) is 0 Å². The summed E-state index contributed by atoms with van der Waals surface area (Å²) in [5.41, 5.74) is 7.97. The average Bonchev–Trinajstić information content (AvgIpc) is 3.49. The van der Waals surface area contributed by atoms with Crippen LogP contribution in [0.25, 0.3) is 0 Å². The van der Waals surface area contributed by atoms with Crippen LogP contribution in [0.1, 0.15) is 83.8 Å². The minimum Gasteiger partial charge on any atom is -0.481 e. The number of fused-ring (bicyclic) bond motifs is 1. The number of nitrogens with zero attached hydrogens (tertiary/aromatic N) is 2. The number of nitrogens with two attached hydrogens (primary N) is 1. The summed E-state index contributed by atoms with van der Waals surface area (Å²) in [6.45, 7) is 12.8. The van der Waals surface area contributed by atoms with Crippen molar-refractivity contribution in [3.63, 3.8) is 0 Å². The van der Waals surface area contributed by atoms with Crippen molar-refractivity contribution in [1.29, 1.82) is 0 Å². The van der Waals surface area contributed by atoms with Crippen LogP contribution in [-0.2, 0) is 16.2 Å². The van der Waals surface area contributed by atoms with Crippen molar-refractivity contribution in [1.82, 2.24) is 9.80 Å². The van der Waals surface area contributed by atoms with Gasteiger partial charge >= 0.3 is 5.97 Å². The number of likely N-dealkylation sites (tertiary alicyclic amines) is 1. The highest BCUT2D eigenvalue weighted by Crippen LogP contribution is 2.46. The van der Waals surface area contributed by atoms with Crippen LogP contribution in [0.4, 0.5) is 0 Å². The minimum absolute atomic E-state index is 0.0296. The van der Waals surface area contributed by atoms with Gasteiger partial charge in [0.1, 0.15) is 0 Å². The van der Waals surface area contributed by atoms with Crippen LogP contribution in [0.3, 0.4) is 0 Å². The lowest BCUT2D eigenvalue weighted by Crippen LogP contribution is -2.46. The first kappa shape index (κ1) is 31.9. The number of allylic oxidation sites excluding steroid dienone is 2. The third-order valence-corrected chi connectivity index (χ3v) is 7.97. The van der Waals surface area contributed by atoms with Crippen LogP contribution < -0.4 is 15.2 Å². The van der Waals surface area contributed by atoms with Gasteiger partial charge < -0.3 is 30.3 Å². The maximum absolute atomic E-state index is 13.7. The molecule has 0 saturated carbocycles. The molecule has 0 radical (unpaired) electrons. The maximum atomic E-state index is 13.7. The van der Waals surface area contributed by atoms with Crippen LogP contribution in [0.2, 0.25) is 0 Å². The van der Waals surface area contributed by atoms with Crippen molar-refractivity contribution < 1.29 is 29.3 Å². The van der Waals surface area contributed by atoms with E-state index in [1.165, 1.54) is 5.57 Å². The van der Waals surface area contributed by atoms with Gasteiger partial charge in [-0.05, 0) is 69.2 Å². The summed E-state index contributed by atoms with van der Waals surface area (Å²) in [6, 6.07) is 3.32. The second kappa shape index (κ2) is 14.3. The summed E-state index contributed by atoms with van der Waals surface area (Å²) in [6.07, 6.45) is 6.41. The Kier molecular flexibility index (Phi) is 11.4. The Hall–Kier alpha value is -2.62. The van der Waals surface area contributed by atoms with E-state index in [4.69, 9.17) is 15.2 Å². The minimum atomic E-state index is -0.882. The van der Waals surface area contributed by atoms with Crippen molar-refractivity contribution in [2.45, 2.75) is 85.3 Å². The number of benzene rings is 1. The molecular formula is C31H49N3O6. The van der Waals surface area contributed by atoms with E-state index in [0.717, 1.165) is 31.2 Å². The first-order chi connectivity index (χ1) is 19.0. The van der Waals surface area contributed by atoms with Crippen LogP contribution in [0.5, 0.6) is 11.5 Å². The quantitative estimate of drug-likeness (QED) is 0.216. The van der Waals surface area contributed by atoms with E-state index in [1.807, 2.05) is 30.9 Å². The fourth-order valence-electron chi connectivity index (χ4n) is 6.33. The molecule has 2 aliphatic rings. The largest absolute Gasteiger partial charge is 0.481 e. The number of rotatable bonds is 15. The average molecular weight is 560 g/mol. The molecule has 0 unspecified atom stereocenters. The summed E-state index contributed by atoms with van der Waals surface area (Å²) in [5.74, 6) is -0.931. The third kappa shape index (κ3) is 7.98. The summed E-state index contributed by atoms with van der Waals surface area (Å²) < 4.78 is 11.2. The van der Waals surface area contributed by atoms with Crippen LogP contribution in [0.15, 0.2) is 23.8 Å². The fourth-order valence-corrected chi connectivity index (χ4v) is 6.33. The lowest BCUT2D eigenvalue weighted by atomic mass is 9.77. The van der Waals surface area contributed by atoms with E-state index in [9.17, 15) is 19.8 Å². The van der Waals surface area contributed by atoms with Gasteiger partial charge in [-0.25, -0.2) is 0 Å². The number of carbonyl (C=O) groups excluding carboxylic acids is 1. The zero-order chi connectivity index (χ0) is 29.4. The number of carboxylic acids is 1. The van der Waals surface area contributed by atoms with Crippen LogP contribution >= 0.6 is 0 Å². The number of amides is 1. The van der Waals surface area contributed by atoms with E-state index in [1.54, 1.807) is 0 Å². The molecule has 1 aromatic rings. The topological polar surface area (TPSA) is 126 Å².